The largest absolute Gasteiger partial charge is 0.480 e. The topological polar surface area (TPSA) is 69.6 Å². The molecule has 0 aliphatic rings. The minimum atomic E-state index is -1.02. The third kappa shape index (κ3) is 5.09. The molecule has 0 heterocycles. The molecule has 1 rings (SSSR count). The monoisotopic (exact) mass is 298 g/mol. The summed E-state index contributed by atoms with van der Waals surface area (Å²) >= 11 is 5.81. The van der Waals surface area contributed by atoms with Gasteiger partial charge in [0, 0.05) is 11.6 Å². The van der Waals surface area contributed by atoms with E-state index in [1.165, 1.54) is 4.90 Å². The molecule has 0 spiro atoms. The summed E-state index contributed by atoms with van der Waals surface area (Å²) < 4.78 is 0. The highest BCUT2D eigenvalue weighted by molar-refractivity contribution is 6.30. The maximum Gasteiger partial charge on any atom is 0.323 e. The highest BCUT2D eigenvalue weighted by atomic mass is 35.5. The third-order valence-electron chi connectivity index (χ3n) is 2.82. The van der Waals surface area contributed by atoms with Crippen LogP contribution in [0.15, 0.2) is 24.3 Å². The first kappa shape index (κ1) is 16.3. The molecule has 2 amide bonds. The zero-order valence-corrected chi connectivity index (χ0v) is 12.4. The number of hydrogen-bond acceptors (Lipinski definition) is 2. The Morgan fingerprint density at radius 3 is 2.45 bits per heavy atom. The summed E-state index contributed by atoms with van der Waals surface area (Å²) in [5.74, 6) is -1.02. The number of carboxylic acids is 1. The number of amides is 2. The van der Waals surface area contributed by atoms with Crippen molar-refractivity contribution in [1.82, 2.24) is 10.2 Å². The highest BCUT2D eigenvalue weighted by Gasteiger charge is 2.18. The minimum Gasteiger partial charge on any atom is -0.480 e. The van der Waals surface area contributed by atoms with Gasteiger partial charge in [-0.25, -0.2) is 4.79 Å². The smallest absolute Gasteiger partial charge is 0.323 e. The zero-order valence-electron chi connectivity index (χ0n) is 11.6. The molecule has 20 heavy (non-hydrogen) atoms. The molecule has 0 saturated carbocycles. The summed E-state index contributed by atoms with van der Waals surface area (Å²) in [7, 11) is 0. The molecule has 1 aromatic rings. The van der Waals surface area contributed by atoms with Crippen molar-refractivity contribution in [2.24, 2.45) is 0 Å². The summed E-state index contributed by atoms with van der Waals surface area (Å²) in [4.78, 5) is 24.1. The molecule has 5 nitrogen and oxygen atoms in total. The summed E-state index contributed by atoms with van der Waals surface area (Å²) in [6, 6.07) is 6.56. The lowest BCUT2D eigenvalue weighted by Gasteiger charge is -2.23. The van der Waals surface area contributed by atoms with Gasteiger partial charge in [-0.15, -0.1) is 0 Å². The van der Waals surface area contributed by atoms with Gasteiger partial charge in [-0.05, 0) is 31.0 Å². The van der Waals surface area contributed by atoms with Crippen LogP contribution in [-0.2, 0) is 4.79 Å². The van der Waals surface area contributed by atoms with Crippen LogP contribution in [0.4, 0.5) is 4.79 Å². The van der Waals surface area contributed by atoms with Gasteiger partial charge < -0.3 is 15.3 Å². The van der Waals surface area contributed by atoms with Crippen LogP contribution in [-0.4, -0.2) is 35.1 Å². The predicted octanol–water partition coefficient (Wildman–Crippen LogP) is 2.91. The molecule has 0 fully saturated rings. The maximum atomic E-state index is 12.0. The molecule has 2 N–H and O–H groups in total. The van der Waals surface area contributed by atoms with Gasteiger partial charge in [-0.3, -0.25) is 4.79 Å². The zero-order chi connectivity index (χ0) is 15.1. The number of benzene rings is 1. The quantitative estimate of drug-likeness (QED) is 0.848. The summed E-state index contributed by atoms with van der Waals surface area (Å²) in [5, 5.41) is 12.2. The van der Waals surface area contributed by atoms with Crippen molar-refractivity contribution in [3.8, 4) is 0 Å². The van der Waals surface area contributed by atoms with Crippen molar-refractivity contribution in [3.63, 3.8) is 0 Å². The fourth-order valence-electron chi connectivity index (χ4n) is 1.80. The number of rotatable bonds is 6. The van der Waals surface area contributed by atoms with Crippen LogP contribution in [0, 0.1) is 0 Å². The predicted molar refractivity (Wildman–Crippen MR) is 77.9 cm³/mol. The fourth-order valence-corrected chi connectivity index (χ4v) is 1.92. The van der Waals surface area contributed by atoms with Gasteiger partial charge in [0.1, 0.15) is 6.54 Å². The number of halogens is 1. The van der Waals surface area contributed by atoms with Gasteiger partial charge in [0.15, 0.2) is 0 Å². The number of carbonyl (C=O) groups excluding carboxylic acids is 1. The number of carbonyl (C=O) groups is 2. The van der Waals surface area contributed by atoms with Crippen molar-refractivity contribution >= 4 is 23.6 Å². The Kier molecular flexibility index (Phi) is 6.31. The fraction of sp³-hybridized carbons (Fsp3) is 0.429. The highest BCUT2D eigenvalue weighted by Crippen LogP contribution is 2.16. The van der Waals surface area contributed by atoms with Gasteiger partial charge in [0.25, 0.3) is 0 Å². The first-order chi connectivity index (χ1) is 9.43. The first-order valence-corrected chi connectivity index (χ1v) is 6.84. The van der Waals surface area contributed by atoms with Crippen LogP contribution in [0.3, 0.4) is 0 Å². The number of carboxylic acid groups (broad SMARTS) is 1. The van der Waals surface area contributed by atoms with E-state index in [-0.39, 0.29) is 18.6 Å². The molecule has 1 unspecified atom stereocenters. The van der Waals surface area contributed by atoms with E-state index >= 15 is 0 Å². The molecular weight excluding hydrogens is 280 g/mol. The van der Waals surface area contributed by atoms with Gasteiger partial charge in [-0.1, -0.05) is 30.7 Å². The normalized spacial score (nSPS) is 11.8. The number of aliphatic carboxylic acids is 1. The Hall–Kier alpha value is -1.75. The number of nitrogens with zero attached hydrogens (tertiary/aromatic N) is 1. The Labute approximate surface area is 123 Å². The number of urea groups is 1. The Balaban J connectivity index is 2.66. The lowest BCUT2D eigenvalue weighted by Crippen LogP contribution is -2.43. The second-order valence-electron chi connectivity index (χ2n) is 4.54. The maximum absolute atomic E-state index is 12.0. The van der Waals surface area contributed by atoms with Crippen LogP contribution in [0.25, 0.3) is 0 Å². The molecule has 0 aromatic heterocycles. The standard InChI is InChI=1S/C14H19ClN2O3/c1-3-8-17(9-13(18)19)14(20)16-10(2)11-4-6-12(15)7-5-11/h4-7,10H,3,8-9H2,1-2H3,(H,16,20)(H,18,19). The second kappa shape index (κ2) is 7.75. The van der Waals surface area contributed by atoms with Crippen molar-refractivity contribution in [2.45, 2.75) is 26.3 Å². The molecule has 0 radical (unpaired) electrons. The van der Waals surface area contributed by atoms with E-state index in [0.717, 1.165) is 5.56 Å². The van der Waals surface area contributed by atoms with Crippen molar-refractivity contribution in [1.29, 1.82) is 0 Å². The molecular formula is C14H19ClN2O3. The molecule has 0 bridgehead atoms. The van der Waals surface area contributed by atoms with E-state index in [4.69, 9.17) is 16.7 Å². The Morgan fingerprint density at radius 1 is 1.35 bits per heavy atom. The molecule has 0 aliphatic heterocycles. The molecule has 6 heteroatoms. The summed E-state index contributed by atoms with van der Waals surface area (Å²) in [6.07, 6.45) is 0.704. The molecule has 0 saturated heterocycles. The Bertz CT molecular complexity index is 462. The molecule has 110 valence electrons. The first-order valence-electron chi connectivity index (χ1n) is 6.46. The molecule has 0 aliphatic carbocycles. The average molecular weight is 299 g/mol. The minimum absolute atomic E-state index is 0.215. The summed E-state index contributed by atoms with van der Waals surface area (Å²) in [5.41, 5.74) is 0.912. The van der Waals surface area contributed by atoms with Crippen LogP contribution in [0.5, 0.6) is 0 Å². The van der Waals surface area contributed by atoms with Crippen LogP contribution in [0.1, 0.15) is 31.9 Å². The van der Waals surface area contributed by atoms with Gasteiger partial charge in [0.2, 0.25) is 0 Å². The lowest BCUT2D eigenvalue weighted by molar-refractivity contribution is -0.137. The van der Waals surface area contributed by atoms with E-state index in [2.05, 4.69) is 5.32 Å². The van der Waals surface area contributed by atoms with Crippen molar-refractivity contribution in [3.05, 3.63) is 34.9 Å². The van der Waals surface area contributed by atoms with Crippen molar-refractivity contribution < 1.29 is 14.7 Å². The van der Waals surface area contributed by atoms with Gasteiger partial charge in [0.05, 0.1) is 6.04 Å². The third-order valence-corrected chi connectivity index (χ3v) is 3.07. The van der Waals surface area contributed by atoms with Crippen LogP contribution in [0.2, 0.25) is 5.02 Å². The number of hydrogen-bond donors (Lipinski definition) is 2. The second-order valence-corrected chi connectivity index (χ2v) is 4.97. The van der Waals surface area contributed by atoms with E-state index in [9.17, 15) is 9.59 Å². The van der Waals surface area contributed by atoms with E-state index in [0.29, 0.717) is 18.0 Å². The average Bonchev–Trinajstić information content (AvgIpc) is 2.38. The SMILES string of the molecule is CCCN(CC(=O)O)C(=O)NC(C)c1ccc(Cl)cc1. The van der Waals surface area contributed by atoms with Crippen LogP contribution < -0.4 is 5.32 Å². The van der Waals surface area contributed by atoms with E-state index < -0.39 is 5.97 Å². The van der Waals surface area contributed by atoms with Crippen molar-refractivity contribution in [2.75, 3.05) is 13.1 Å². The summed E-state index contributed by atoms with van der Waals surface area (Å²) in [6.45, 7) is 3.84. The van der Waals surface area contributed by atoms with Gasteiger partial charge in [-0.2, -0.15) is 0 Å². The molecule has 1 aromatic carbocycles. The van der Waals surface area contributed by atoms with E-state index in [1.54, 1.807) is 12.1 Å². The number of nitrogens with one attached hydrogen (secondary N) is 1. The lowest BCUT2D eigenvalue weighted by atomic mass is 10.1. The van der Waals surface area contributed by atoms with Gasteiger partial charge >= 0.3 is 12.0 Å². The Morgan fingerprint density at radius 2 is 1.95 bits per heavy atom. The van der Waals surface area contributed by atoms with E-state index in [1.807, 2.05) is 26.0 Å². The van der Waals surface area contributed by atoms with Crippen LogP contribution >= 0.6 is 11.6 Å². The molecule has 1 atom stereocenters.